The Morgan fingerprint density at radius 3 is 2.41 bits per heavy atom. The number of carbonyl (C=O) groups excluding carboxylic acids is 2. The number of aromatic nitrogens is 1. The second-order valence-electron chi connectivity index (χ2n) is 12.3. The van der Waals surface area contributed by atoms with E-state index in [4.69, 9.17) is 4.74 Å². The van der Waals surface area contributed by atoms with Crippen LogP contribution in [0.5, 0.6) is 0 Å². The number of likely N-dealkylation sites (N-methyl/N-ethyl adjacent to an activating group) is 1. The van der Waals surface area contributed by atoms with Crippen molar-refractivity contribution in [2.24, 2.45) is 0 Å². The Morgan fingerprint density at radius 1 is 1.11 bits per heavy atom. The summed E-state index contributed by atoms with van der Waals surface area (Å²) in [6.45, 7) is 7.32. The van der Waals surface area contributed by atoms with Crippen LogP contribution in [-0.4, -0.2) is 77.7 Å². The average Bonchev–Trinajstić information content (AvgIpc) is 2.95. The molecule has 2 fully saturated rings. The largest absolute Gasteiger partial charge is 0.443 e. The molecule has 2 aromatic rings. The first-order valence-corrected chi connectivity index (χ1v) is 14.7. The maximum atomic E-state index is 15.9. The fraction of sp³-hybridized carbons (Fsp3) is 0.516. The van der Waals surface area contributed by atoms with Crippen molar-refractivity contribution in [3.8, 4) is 0 Å². The molecule has 1 aromatic carbocycles. The zero-order chi connectivity index (χ0) is 32.0. The van der Waals surface area contributed by atoms with Crippen molar-refractivity contribution in [2.75, 3.05) is 43.4 Å². The van der Waals surface area contributed by atoms with Gasteiger partial charge in [0.1, 0.15) is 11.4 Å². The van der Waals surface area contributed by atoms with Crippen molar-refractivity contribution in [3.05, 3.63) is 63.3 Å². The molecule has 3 heterocycles. The van der Waals surface area contributed by atoms with Gasteiger partial charge in [0.2, 0.25) is 5.56 Å². The third-order valence-electron chi connectivity index (χ3n) is 9.01. The predicted molar refractivity (Wildman–Crippen MR) is 158 cm³/mol. The first kappa shape index (κ1) is 31.6. The molecule has 0 spiro atoms. The molecule has 3 aliphatic rings. The lowest BCUT2D eigenvalue weighted by atomic mass is 9.82. The third kappa shape index (κ3) is 6.47. The Labute approximate surface area is 252 Å². The van der Waals surface area contributed by atoms with Crippen LogP contribution in [0.3, 0.4) is 0 Å². The molecule has 238 valence electrons. The van der Waals surface area contributed by atoms with Crippen LogP contribution in [0.1, 0.15) is 67.9 Å². The van der Waals surface area contributed by atoms with Gasteiger partial charge in [-0.3, -0.25) is 14.5 Å². The van der Waals surface area contributed by atoms with Gasteiger partial charge in [-0.25, -0.2) is 9.18 Å². The lowest BCUT2D eigenvalue weighted by Crippen LogP contribution is -2.55. The molecule has 1 aromatic heterocycles. The topological polar surface area (TPSA) is 98.0 Å². The number of H-pyrrole nitrogens is 1. The average molecular weight is 620 g/mol. The van der Waals surface area contributed by atoms with Crippen molar-refractivity contribution in [1.82, 2.24) is 14.8 Å². The Kier molecular flexibility index (Phi) is 8.54. The van der Waals surface area contributed by atoms with E-state index in [-0.39, 0.29) is 29.9 Å². The van der Waals surface area contributed by atoms with Gasteiger partial charge in [0.25, 0.3) is 5.91 Å². The van der Waals surface area contributed by atoms with Gasteiger partial charge in [0.05, 0.1) is 22.5 Å². The van der Waals surface area contributed by atoms with E-state index in [0.29, 0.717) is 43.4 Å². The quantitative estimate of drug-likeness (QED) is 0.431. The number of hydrogen-bond acceptors (Lipinski definition) is 6. The van der Waals surface area contributed by atoms with Crippen LogP contribution in [0.2, 0.25) is 0 Å². The lowest BCUT2D eigenvalue weighted by molar-refractivity contribution is -0.138. The molecular weight excluding hydrogens is 582 g/mol. The van der Waals surface area contributed by atoms with Crippen molar-refractivity contribution >= 4 is 28.9 Å². The molecule has 0 radical (unpaired) electrons. The van der Waals surface area contributed by atoms with E-state index in [2.05, 4.69) is 15.2 Å². The highest BCUT2D eigenvalue weighted by Gasteiger charge is 2.38. The van der Waals surface area contributed by atoms with E-state index in [1.165, 1.54) is 17.0 Å². The van der Waals surface area contributed by atoms with Crippen LogP contribution >= 0.6 is 0 Å². The lowest BCUT2D eigenvalue weighted by Gasteiger charge is -2.44. The standard InChI is InChI=1S/C31H37F4N5O4/c1-18-15-40(16-19(2)38(18)4)26-13-24(32)21(20-7-5-10-39(17-20)29(43)44-30(3)8-6-9-30)11-25(26)37-28(42)22-14-36-27(41)12-23(22)31(33,34)35/h7,11-14,18-19H,5-6,8-10,15-17H2,1-4H3,(H,36,41)(H,37,42)/t18-,19+. The molecule has 1 saturated heterocycles. The monoisotopic (exact) mass is 619 g/mol. The van der Waals surface area contributed by atoms with E-state index >= 15 is 4.39 Å². The predicted octanol–water partition coefficient (Wildman–Crippen LogP) is 5.48. The van der Waals surface area contributed by atoms with Crippen molar-refractivity contribution in [1.29, 1.82) is 0 Å². The number of halogens is 4. The molecule has 13 heteroatoms. The fourth-order valence-corrected chi connectivity index (χ4v) is 6.00. The summed E-state index contributed by atoms with van der Waals surface area (Å²) in [4.78, 5) is 45.6. The Morgan fingerprint density at radius 2 is 1.80 bits per heavy atom. The molecule has 5 rings (SSSR count). The highest BCUT2D eigenvalue weighted by atomic mass is 19.4. The van der Waals surface area contributed by atoms with Crippen molar-refractivity contribution < 1.29 is 31.9 Å². The first-order chi connectivity index (χ1) is 20.6. The molecule has 2 atom stereocenters. The van der Waals surface area contributed by atoms with Gasteiger partial charge in [0, 0.05) is 56.1 Å². The number of rotatable bonds is 5. The minimum absolute atomic E-state index is 0.0687. The summed E-state index contributed by atoms with van der Waals surface area (Å²) in [5.41, 5.74) is -2.63. The maximum absolute atomic E-state index is 15.9. The number of anilines is 2. The highest BCUT2D eigenvalue weighted by Crippen LogP contribution is 2.38. The van der Waals surface area contributed by atoms with Crippen LogP contribution in [0.25, 0.3) is 5.57 Å². The number of amides is 2. The van der Waals surface area contributed by atoms with Crippen LogP contribution < -0.4 is 15.8 Å². The second kappa shape index (κ2) is 11.9. The Hall–Kier alpha value is -3.87. The molecule has 44 heavy (non-hydrogen) atoms. The summed E-state index contributed by atoms with van der Waals surface area (Å²) in [6.07, 6.45) is 0.0807. The molecule has 2 amide bonds. The Balaban J connectivity index is 1.50. The molecule has 2 N–H and O–H groups in total. The van der Waals surface area contributed by atoms with Gasteiger partial charge in [-0.15, -0.1) is 0 Å². The van der Waals surface area contributed by atoms with Gasteiger partial charge in [0.15, 0.2) is 0 Å². The zero-order valence-corrected chi connectivity index (χ0v) is 25.2. The van der Waals surface area contributed by atoms with Gasteiger partial charge in [-0.2, -0.15) is 13.2 Å². The summed E-state index contributed by atoms with van der Waals surface area (Å²) >= 11 is 0. The molecule has 0 unspecified atom stereocenters. The summed E-state index contributed by atoms with van der Waals surface area (Å²) < 4.78 is 62.9. The van der Waals surface area contributed by atoms with Gasteiger partial charge in [-0.05, 0) is 71.2 Å². The highest BCUT2D eigenvalue weighted by molar-refractivity contribution is 6.07. The molecular formula is C31H37F4N5O4. The molecule has 0 bridgehead atoms. The number of aromatic amines is 1. The summed E-state index contributed by atoms with van der Waals surface area (Å²) in [7, 11) is 1.98. The molecule has 1 aliphatic carbocycles. The van der Waals surface area contributed by atoms with E-state index in [0.717, 1.165) is 25.5 Å². The SMILES string of the molecule is C[C@@H]1CN(c2cc(F)c(C3=CCCN(C(=O)OC4(C)CCC4)C3)cc2NC(=O)c2c[nH]c(=O)cc2C(F)(F)F)C[C@H](C)N1C. The minimum atomic E-state index is -4.96. The third-order valence-corrected chi connectivity index (χ3v) is 9.01. The first-order valence-electron chi connectivity index (χ1n) is 14.7. The zero-order valence-electron chi connectivity index (χ0n) is 25.2. The van der Waals surface area contributed by atoms with Crippen LogP contribution in [-0.2, 0) is 10.9 Å². The Bertz CT molecular complexity index is 1520. The summed E-state index contributed by atoms with van der Waals surface area (Å²) in [5, 5.41) is 2.57. The van der Waals surface area contributed by atoms with Gasteiger partial charge < -0.3 is 24.8 Å². The number of pyridine rings is 1. The number of piperazine rings is 1. The molecule has 2 aliphatic heterocycles. The fourth-order valence-electron chi connectivity index (χ4n) is 6.00. The van der Waals surface area contributed by atoms with E-state index in [1.807, 2.05) is 38.8 Å². The van der Waals surface area contributed by atoms with E-state index < -0.39 is 46.3 Å². The normalized spacial score (nSPS) is 22.2. The van der Waals surface area contributed by atoms with Crippen LogP contribution in [0.15, 0.2) is 35.3 Å². The number of carbonyl (C=O) groups is 2. The van der Waals surface area contributed by atoms with Crippen LogP contribution in [0, 0.1) is 5.82 Å². The number of benzene rings is 1. The van der Waals surface area contributed by atoms with E-state index in [9.17, 15) is 27.6 Å². The number of nitrogens with zero attached hydrogens (tertiary/aromatic N) is 3. The number of alkyl halides is 3. The van der Waals surface area contributed by atoms with Crippen molar-refractivity contribution in [3.63, 3.8) is 0 Å². The van der Waals surface area contributed by atoms with Gasteiger partial charge >= 0.3 is 12.3 Å². The molecule has 1 saturated carbocycles. The minimum Gasteiger partial charge on any atom is -0.443 e. The maximum Gasteiger partial charge on any atom is 0.417 e. The number of nitrogens with one attached hydrogen (secondary N) is 2. The van der Waals surface area contributed by atoms with E-state index in [1.54, 1.807) is 0 Å². The van der Waals surface area contributed by atoms with Crippen molar-refractivity contribution in [2.45, 2.75) is 70.3 Å². The summed E-state index contributed by atoms with van der Waals surface area (Å²) in [6, 6.07) is 3.16. The summed E-state index contributed by atoms with van der Waals surface area (Å²) in [5.74, 6) is -1.70. The smallest absolute Gasteiger partial charge is 0.417 e. The molecule has 9 nitrogen and oxygen atoms in total. The second-order valence-corrected chi connectivity index (χ2v) is 12.3. The van der Waals surface area contributed by atoms with Gasteiger partial charge in [-0.1, -0.05) is 6.08 Å². The number of ether oxygens (including phenoxy) is 1. The number of hydrogen-bond donors (Lipinski definition) is 2. The van der Waals surface area contributed by atoms with Crippen LogP contribution in [0.4, 0.5) is 33.7 Å².